The van der Waals surface area contributed by atoms with Gasteiger partial charge in [0.05, 0.1) is 15.6 Å². The normalized spacial score (nSPS) is 10.0. The Hall–Kier alpha value is -0.0900. The van der Waals surface area contributed by atoms with Gasteiger partial charge in [-0.15, -0.1) is 0 Å². The standard InChI is InChI=1S/C8H7Br2FO/c1-2-12-8-5(9)3-4-6(11)7(8)10/h3-4H,2H2,1H3. The molecular weight excluding hydrogens is 291 g/mol. The molecule has 0 radical (unpaired) electrons. The summed E-state index contributed by atoms with van der Waals surface area (Å²) in [6, 6.07) is 2.99. The van der Waals surface area contributed by atoms with Crippen LogP contribution in [0.25, 0.3) is 0 Å². The highest BCUT2D eigenvalue weighted by molar-refractivity contribution is 9.11. The van der Waals surface area contributed by atoms with Gasteiger partial charge < -0.3 is 4.74 Å². The fourth-order valence-corrected chi connectivity index (χ4v) is 1.96. The molecule has 0 amide bonds. The Morgan fingerprint density at radius 1 is 1.42 bits per heavy atom. The van der Waals surface area contributed by atoms with Gasteiger partial charge in [-0.25, -0.2) is 4.39 Å². The quantitative estimate of drug-likeness (QED) is 0.756. The smallest absolute Gasteiger partial charge is 0.150 e. The molecule has 1 nitrogen and oxygen atoms in total. The molecule has 12 heavy (non-hydrogen) atoms. The van der Waals surface area contributed by atoms with E-state index in [2.05, 4.69) is 31.9 Å². The van der Waals surface area contributed by atoms with Gasteiger partial charge in [0.1, 0.15) is 5.82 Å². The Bertz CT molecular complexity index is 289. The fraction of sp³-hybridized carbons (Fsp3) is 0.250. The Morgan fingerprint density at radius 3 is 2.67 bits per heavy atom. The van der Waals surface area contributed by atoms with Crippen molar-refractivity contribution in [3.63, 3.8) is 0 Å². The van der Waals surface area contributed by atoms with Gasteiger partial charge in [-0.3, -0.25) is 0 Å². The molecule has 0 saturated carbocycles. The second-order valence-electron chi connectivity index (χ2n) is 2.11. The average molecular weight is 298 g/mol. The Balaban J connectivity index is 3.14. The minimum absolute atomic E-state index is 0.318. The number of rotatable bonds is 2. The van der Waals surface area contributed by atoms with Crippen LogP contribution in [-0.2, 0) is 0 Å². The maximum absolute atomic E-state index is 12.9. The van der Waals surface area contributed by atoms with E-state index in [9.17, 15) is 4.39 Å². The summed E-state index contributed by atoms with van der Waals surface area (Å²) in [5, 5.41) is 0. The molecule has 0 aliphatic rings. The van der Waals surface area contributed by atoms with Crippen molar-refractivity contribution in [1.29, 1.82) is 0 Å². The van der Waals surface area contributed by atoms with Crippen LogP contribution in [0.15, 0.2) is 21.1 Å². The molecule has 0 aliphatic carbocycles. The second-order valence-corrected chi connectivity index (χ2v) is 3.75. The van der Waals surface area contributed by atoms with Gasteiger partial charge in [-0.2, -0.15) is 0 Å². The number of hydrogen-bond acceptors (Lipinski definition) is 1. The first-order chi connectivity index (χ1) is 5.66. The van der Waals surface area contributed by atoms with E-state index in [1.165, 1.54) is 6.07 Å². The molecule has 1 aromatic carbocycles. The van der Waals surface area contributed by atoms with Crippen molar-refractivity contribution in [1.82, 2.24) is 0 Å². The first kappa shape index (κ1) is 9.99. The molecule has 0 heterocycles. The van der Waals surface area contributed by atoms with Crippen molar-refractivity contribution in [2.24, 2.45) is 0 Å². The zero-order valence-electron chi connectivity index (χ0n) is 6.40. The number of halogens is 3. The van der Waals surface area contributed by atoms with E-state index < -0.39 is 0 Å². The van der Waals surface area contributed by atoms with Gasteiger partial charge in [0.25, 0.3) is 0 Å². The van der Waals surface area contributed by atoms with Gasteiger partial charge in [0.2, 0.25) is 0 Å². The zero-order chi connectivity index (χ0) is 9.14. The summed E-state index contributed by atoms with van der Waals surface area (Å²) in [5.41, 5.74) is 0. The van der Waals surface area contributed by atoms with Crippen molar-refractivity contribution < 1.29 is 9.13 Å². The van der Waals surface area contributed by atoms with Crippen LogP contribution in [-0.4, -0.2) is 6.61 Å². The van der Waals surface area contributed by atoms with Gasteiger partial charge in [-0.1, -0.05) is 0 Å². The van der Waals surface area contributed by atoms with E-state index in [0.717, 1.165) is 4.47 Å². The summed E-state index contributed by atoms with van der Waals surface area (Å²) in [7, 11) is 0. The van der Waals surface area contributed by atoms with Crippen molar-refractivity contribution in [2.75, 3.05) is 6.61 Å². The summed E-state index contributed by atoms with van der Waals surface area (Å²) < 4.78 is 19.3. The summed E-state index contributed by atoms with van der Waals surface area (Å²) in [6.07, 6.45) is 0. The monoisotopic (exact) mass is 296 g/mol. The SMILES string of the molecule is CCOc1c(Br)ccc(F)c1Br. The van der Waals surface area contributed by atoms with Gasteiger partial charge in [-0.05, 0) is 50.9 Å². The molecule has 0 spiro atoms. The maximum Gasteiger partial charge on any atom is 0.150 e. The Labute approximate surface area is 87.2 Å². The summed E-state index contributed by atoms with van der Waals surface area (Å²) >= 11 is 6.36. The van der Waals surface area contributed by atoms with Crippen molar-refractivity contribution in [2.45, 2.75) is 6.92 Å². The van der Waals surface area contributed by atoms with E-state index in [4.69, 9.17) is 4.74 Å². The summed E-state index contributed by atoms with van der Waals surface area (Å²) in [5.74, 6) is 0.194. The number of benzene rings is 1. The van der Waals surface area contributed by atoms with E-state index >= 15 is 0 Å². The van der Waals surface area contributed by atoms with Crippen molar-refractivity contribution >= 4 is 31.9 Å². The van der Waals surface area contributed by atoms with Gasteiger partial charge in [0, 0.05) is 0 Å². The lowest BCUT2D eigenvalue weighted by Crippen LogP contribution is -1.94. The topological polar surface area (TPSA) is 9.23 Å². The van der Waals surface area contributed by atoms with E-state index in [-0.39, 0.29) is 5.82 Å². The Morgan fingerprint density at radius 2 is 2.08 bits per heavy atom. The molecule has 1 aromatic rings. The van der Waals surface area contributed by atoms with Crippen LogP contribution >= 0.6 is 31.9 Å². The predicted molar refractivity (Wildman–Crippen MR) is 53.0 cm³/mol. The van der Waals surface area contributed by atoms with Gasteiger partial charge >= 0.3 is 0 Å². The lowest BCUT2D eigenvalue weighted by molar-refractivity contribution is 0.333. The highest BCUT2D eigenvalue weighted by Gasteiger charge is 2.09. The summed E-state index contributed by atoms with van der Waals surface area (Å²) in [4.78, 5) is 0. The largest absolute Gasteiger partial charge is 0.491 e. The molecule has 4 heteroatoms. The molecule has 0 fully saturated rings. The highest BCUT2D eigenvalue weighted by atomic mass is 79.9. The van der Waals surface area contributed by atoms with Crippen molar-refractivity contribution in [3.05, 3.63) is 26.9 Å². The molecule has 0 saturated heterocycles. The molecule has 0 aliphatic heterocycles. The van der Waals surface area contributed by atoms with Crippen LogP contribution in [0.3, 0.4) is 0 Å². The van der Waals surface area contributed by atoms with Crippen molar-refractivity contribution in [3.8, 4) is 5.75 Å². The molecule has 0 unspecified atom stereocenters. The molecular formula is C8H7Br2FO. The lowest BCUT2D eigenvalue weighted by Gasteiger charge is -2.07. The Kier molecular flexibility index (Phi) is 3.53. The first-order valence-corrected chi connectivity index (χ1v) is 5.01. The number of ether oxygens (including phenoxy) is 1. The third-order valence-corrected chi connectivity index (χ3v) is 2.65. The lowest BCUT2D eigenvalue weighted by atomic mass is 10.3. The van der Waals surface area contributed by atoms with Gasteiger partial charge in [0.15, 0.2) is 5.75 Å². The second kappa shape index (κ2) is 4.23. The van der Waals surface area contributed by atoms with Crippen LogP contribution in [0.4, 0.5) is 4.39 Å². The van der Waals surface area contributed by atoms with Crippen LogP contribution in [0.5, 0.6) is 5.75 Å². The third-order valence-electron chi connectivity index (χ3n) is 1.29. The zero-order valence-corrected chi connectivity index (χ0v) is 9.58. The minimum Gasteiger partial charge on any atom is -0.491 e. The summed E-state index contributed by atoms with van der Waals surface area (Å²) in [6.45, 7) is 2.37. The van der Waals surface area contributed by atoms with Crippen LogP contribution in [0, 0.1) is 5.82 Å². The highest BCUT2D eigenvalue weighted by Crippen LogP contribution is 2.35. The molecule has 0 atom stereocenters. The fourth-order valence-electron chi connectivity index (χ4n) is 0.785. The minimum atomic E-state index is -0.318. The first-order valence-electron chi connectivity index (χ1n) is 3.43. The van der Waals surface area contributed by atoms with E-state index in [1.54, 1.807) is 6.07 Å². The molecule has 0 bridgehead atoms. The molecule has 1 rings (SSSR count). The van der Waals surface area contributed by atoms with E-state index in [1.807, 2.05) is 6.92 Å². The number of hydrogen-bond donors (Lipinski definition) is 0. The van der Waals surface area contributed by atoms with Crippen LogP contribution in [0.1, 0.15) is 6.92 Å². The molecule has 66 valence electrons. The van der Waals surface area contributed by atoms with E-state index in [0.29, 0.717) is 16.8 Å². The van der Waals surface area contributed by atoms with Crippen LogP contribution in [0.2, 0.25) is 0 Å². The average Bonchev–Trinajstić information content (AvgIpc) is 2.06. The third kappa shape index (κ3) is 1.98. The maximum atomic E-state index is 12.9. The predicted octanol–water partition coefficient (Wildman–Crippen LogP) is 3.75. The molecule has 0 aromatic heterocycles. The molecule has 0 N–H and O–H groups in total. The van der Waals surface area contributed by atoms with Crippen LogP contribution < -0.4 is 4.74 Å².